The highest BCUT2D eigenvalue weighted by Gasteiger charge is 2.33. The number of carbonyl (C=O) groups excluding carboxylic acids is 2. The fraction of sp³-hybridized carbons (Fsp3) is 0.882. The van der Waals surface area contributed by atoms with Crippen LogP contribution in [-0.2, 0) is 9.59 Å². The first-order valence-corrected chi connectivity index (χ1v) is 8.36. The van der Waals surface area contributed by atoms with E-state index in [1.807, 2.05) is 44.5 Å². The van der Waals surface area contributed by atoms with E-state index < -0.39 is 0 Å². The summed E-state index contributed by atoms with van der Waals surface area (Å²) in [6, 6.07) is 0.291. The highest BCUT2D eigenvalue weighted by atomic mass is 16.2. The van der Waals surface area contributed by atoms with Crippen molar-refractivity contribution >= 4 is 11.8 Å². The Morgan fingerprint density at radius 3 is 2.18 bits per heavy atom. The fourth-order valence-corrected chi connectivity index (χ4v) is 3.08. The summed E-state index contributed by atoms with van der Waals surface area (Å²) in [7, 11) is 1.84. The average molecular weight is 311 g/mol. The third-order valence-corrected chi connectivity index (χ3v) is 4.37. The molecule has 1 fully saturated rings. The van der Waals surface area contributed by atoms with Gasteiger partial charge in [-0.05, 0) is 67.9 Å². The molecule has 0 saturated carbocycles. The van der Waals surface area contributed by atoms with Gasteiger partial charge in [0.05, 0.1) is 12.6 Å². The summed E-state index contributed by atoms with van der Waals surface area (Å²) in [5.74, 6) is 0.0835. The zero-order valence-corrected chi connectivity index (χ0v) is 15.3. The lowest BCUT2D eigenvalue weighted by Gasteiger charge is -2.41. The van der Waals surface area contributed by atoms with Gasteiger partial charge in [-0.2, -0.15) is 0 Å². The van der Waals surface area contributed by atoms with Crippen LogP contribution in [0.15, 0.2) is 0 Å². The molecule has 1 N–H and O–H groups in total. The lowest BCUT2D eigenvalue weighted by molar-refractivity contribution is -0.142. The van der Waals surface area contributed by atoms with Gasteiger partial charge >= 0.3 is 0 Å². The summed E-state index contributed by atoms with van der Waals surface area (Å²) in [6.45, 7) is 12.2. The molecular weight excluding hydrogens is 278 g/mol. The second kappa shape index (κ2) is 7.44. The maximum atomic E-state index is 12.8. The number of hydrogen-bond acceptors (Lipinski definition) is 3. The molecule has 1 saturated heterocycles. The minimum Gasteiger partial charge on any atom is -0.350 e. The highest BCUT2D eigenvalue weighted by molar-refractivity contribution is 5.84. The van der Waals surface area contributed by atoms with Gasteiger partial charge in [0, 0.05) is 17.6 Å². The Balaban J connectivity index is 2.63. The van der Waals surface area contributed by atoms with Crippen LogP contribution in [0.5, 0.6) is 0 Å². The zero-order valence-electron chi connectivity index (χ0n) is 15.3. The fourth-order valence-electron chi connectivity index (χ4n) is 3.08. The molecule has 2 amide bonds. The number of hydrogen-bond donors (Lipinski definition) is 1. The molecule has 1 aliphatic rings. The smallest absolute Gasteiger partial charge is 0.240 e. The summed E-state index contributed by atoms with van der Waals surface area (Å²) in [5.41, 5.74) is -0.249. The van der Waals surface area contributed by atoms with E-state index in [1.165, 1.54) is 6.42 Å². The Hall–Kier alpha value is -1.10. The first kappa shape index (κ1) is 18.9. The van der Waals surface area contributed by atoms with E-state index in [-0.39, 0.29) is 42.0 Å². The first-order chi connectivity index (χ1) is 10.0. The highest BCUT2D eigenvalue weighted by Crippen LogP contribution is 2.23. The quantitative estimate of drug-likeness (QED) is 0.864. The van der Waals surface area contributed by atoms with Crippen molar-refractivity contribution in [2.75, 3.05) is 13.6 Å². The van der Waals surface area contributed by atoms with Crippen molar-refractivity contribution in [3.63, 3.8) is 0 Å². The van der Waals surface area contributed by atoms with Gasteiger partial charge in [-0.25, -0.2) is 0 Å². The number of carbonyl (C=O) groups is 2. The largest absolute Gasteiger partial charge is 0.350 e. The number of piperidine rings is 1. The molecular formula is C17H33N3O2. The van der Waals surface area contributed by atoms with Crippen molar-refractivity contribution in [1.82, 2.24) is 15.1 Å². The van der Waals surface area contributed by atoms with Crippen LogP contribution in [0.25, 0.3) is 0 Å². The van der Waals surface area contributed by atoms with Gasteiger partial charge in [-0.15, -0.1) is 0 Å². The van der Waals surface area contributed by atoms with Crippen molar-refractivity contribution < 1.29 is 9.59 Å². The van der Waals surface area contributed by atoms with Crippen LogP contribution in [0.2, 0.25) is 0 Å². The molecule has 0 aromatic heterocycles. The third kappa shape index (κ3) is 5.27. The number of amides is 2. The molecule has 0 radical (unpaired) electrons. The molecule has 128 valence electrons. The second-order valence-corrected chi connectivity index (χ2v) is 7.76. The molecule has 3 atom stereocenters. The van der Waals surface area contributed by atoms with Gasteiger partial charge in [0.2, 0.25) is 11.8 Å². The van der Waals surface area contributed by atoms with E-state index in [0.29, 0.717) is 0 Å². The standard InChI is InChI=1S/C17H33N3O2/c1-12-9-8-10-13(2)20(12)16(22)14(3)19(7)11-15(21)18-17(4,5)6/h12-14H,8-11H2,1-7H3,(H,18,21)/t12-,13-,14-/m1/s1. The van der Waals surface area contributed by atoms with E-state index in [2.05, 4.69) is 19.2 Å². The van der Waals surface area contributed by atoms with Crippen molar-refractivity contribution in [1.29, 1.82) is 0 Å². The molecule has 1 aliphatic heterocycles. The summed E-state index contributed by atoms with van der Waals surface area (Å²) < 4.78 is 0. The molecule has 0 bridgehead atoms. The predicted octanol–water partition coefficient (Wildman–Crippen LogP) is 2.01. The Bertz CT molecular complexity index is 393. The molecule has 0 spiro atoms. The Labute approximate surface area is 135 Å². The summed E-state index contributed by atoms with van der Waals surface area (Å²) in [4.78, 5) is 28.6. The van der Waals surface area contributed by atoms with Gasteiger partial charge in [-0.1, -0.05) is 0 Å². The van der Waals surface area contributed by atoms with Crippen LogP contribution >= 0.6 is 0 Å². The zero-order chi connectivity index (χ0) is 17.1. The molecule has 0 unspecified atom stereocenters. The van der Waals surface area contributed by atoms with E-state index in [0.717, 1.165) is 12.8 Å². The Kier molecular flexibility index (Phi) is 6.41. The minimum atomic E-state index is -0.284. The molecule has 0 aliphatic carbocycles. The van der Waals surface area contributed by atoms with Gasteiger partial charge in [0.25, 0.3) is 0 Å². The van der Waals surface area contributed by atoms with Gasteiger partial charge in [0.1, 0.15) is 0 Å². The monoisotopic (exact) mass is 311 g/mol. The molecule has 0 aromatic carbocycles. The van der Waals surface area contributed by atoms with Crippen LogP contribution in [0.3, 0.4) is 0 Å². The Morgan fingerprint density at radius 2 is 1.73 bits per heavy atom. The van der Waals surface area contributed by atoms with Crippen LogP contribution in [0, 0.1) is 0 Å². The Morgan fingerprint density at radius 1 is 1.23 bits per heavy atom. The lowest BCUT2D eigenvalue weighted by atomic mass is 9.96. The molecule has 1 rings (SSSR count). The minimum absolute atomic E-state index is 0.0469. The summed E-state index contributed by atoms with van der Waals surface area (Å²) in [6.07, 6.45) is 3.32. The number of likely N-dealkylation sites (tertiary alicyclic amines) is 1. The number of nitrogens with zero attached hydrogens (tertiary/aromatic N) is 2. The van der Waals surface area contributed by atoms with E-state index in [4.69, 9.17) is 0 Å². The van der Waals surface area contributed by atoms with Crippen LogP contribution < -0.4 is 5.32 Å². The summed E-state index contributed by atoms with van der Waals surface area (Å²) in [5, 5.41) is 2.94. The normalized spacial score (nSPS) is 24.3. The topological polar surface area (TPSA) is 52.7 Å². The first-order valence-electron chi connectivity index (χ1n) is 8.36. The van der Waals surface area contributed by atoms with Crippen molar-refractivity contribution in [2.24, 2.45) is 0 Å². The second-order valence-electron chi connectivity index (χ2n) is 7.76. The SMILES string of the molecule is C[C@H](C(=O)N1[C@H](C)CCC[C@H]1C)N(C)CC(=O)NC(C)(C)C. The van der Waals surface area contributed by atoms with E-state index in [1.54, 1.807) is 0 Å². The van der Waals surface area contributed by atoms with Crippen molar-refractivity contribution in [2.45, 2.75) is 84.5 Å². The molecule has 1 heterocycles. The van der Waals surface area contributed by atoms with Crippen molar-refractivity contribution in [3.8, 4) is 0 Å². The molecule has 5 nitrogen and oxygen atoms in total. The maximum Gasteiger partial charge on any atom is 0.240 e. The average Bonchev–Trinajstić information content (AvgIpc) is 2.34. The van der Waals surface area contributed by atoms with Crippen LogP contribution in [0.1, 0.15) is 60.8 Å². The van der Waals surface area contributed by atoms with Crippen LogP contribution in [-0.4, -0.2) is 58.9 Å². The lowest BCUT2D eigenvalue weighted by Crippen LogP contribution is -2.55. The molecule has 22 heavy (non-hydrogen) atoms. The molecule has 5 heteroatoms. The van der Waals surface area contributed by atoms with E-state index in [9.17, 15) is 9.59 Å². The van der Waals surface area contributed by atoms with Crippen molar-refractivity contribution in [3.05, 3.63) is 0 Å². The van der Waals surface area contributed by atoms with E-state index >= 15 is 0 Å². The predicted molar refractivity (Wildman–Crippen MR) is 89.6 cm³/mol. The van der Waals surface area contributed by atoms with Gasteiger partial charge in [-0.3, -0.25) is 14.5 Å². The number of likely N-dealkylation sites (N-methyl/N-ethyl adjacent to an activating group) is 1. The summed E-state index contributed by atoms with van der Waals surface area (Å²) >= 11 is 0. The molecule has 0 aromatic rings. The van der Waals surface area contributed by atoms with Crippen LogP contribution in [0.4, 0.5) is 0 Å². The van der Waals surface area contributed by atoms with Gasteiger partial charge in [0.15, 0.2) is 0 Å². The number of nitrogens with one attached hydrogen (secondary N) is 1. The third-order valence-electron chi connectivity index (χ3n) is 4.37. The number of rotatable bonds is 4. The maximum absolute atomic E-state index is 12.8. The van der Waals surface area contributed by atoms with Gasteiger partial charge < -0.3 is 10.2 Å².